The first kappa shape index (κ1) is 19.3. The minimum absolute atomic E-state index is 0.320. The van der Waals surface area contributed by atoms with E-state index in [0.717, 1.165) is 17.4 Å². The summed E-state index contributed by atoms with van der Waals surface area (Å²) in [6, 6.07) is 10.7. The maximum atomic E-state index is 13.3. The maximum Gasteiger partial charge on any atom is 0.126 e. The van der Waals surface area contributed by atoms with Crippen molar-refractivity contribution in [3.8, 4) is 5.75 Å². The van der Waals surface area contributed by atoms with E-state index in [-0.39, 0.29) is 6.04 Å². The van der Waals surface area contributed by atoms with Gasteiger partial charge in [0.25, 0.3) is 0 Å². The number of hydrogen-bond donors (Lipinski definition) is 3. The molecule has 0 aromatic heterocycles. The summed E-state index contributed by atoms with van der Waals surface area (Å²) in [5.74, 6) is -0.452. The molecule has 6 heteroatoms. The number of nitrogens with one attached hydrogen (secondary N) is 2. The molecule has 2 unspecified atom stereocenters. The van der Waals surface area contributed by atoms with Crippen LogP contribution in [0.4, 0.5) is 8.78 Å². The van der Waals surface area contributed by atoms with Crippen LogP contribution in [0.25, 0.3) is 0 Å². The molecule has 0 bridgehead atoms. The van der Waals surface area contributed by atoms with Gasteiger partial charge in [-0.1, -0.05) is 12.1 Å². The fourth-order valence-electron chi connectivity index (χ4n) is 2.70. The van der Waals surface area contributed by atoms with Gasteiger partial charge >= 0.3 is 0 Å². The number of aliphatic hydroxyl groups is 1. The van der Waals surface area contributed by atoms with Crippen LogP contribution in [-0.2, 0) is 13.0 Å². The second-order valence-electron chi connectivity index (χ2n) is 5.93. The highest BCUT2D eigenvalue weighted by atomic mass is 19.1. The molecule has 0 radical (unpaired) electrons. The molecule has 2 aromatic carbocycles. The number of ether oxygens (including phenoxy) is 1. The first-order valence-electron chi connectivity index (χ1n) is 8.15. The van der Waals surface area contributed by atoms with Crippen molar-refractivity contribution in [2.75, 3.05) is 20.7 Å². The monoisotopic (exact) mass is 350 g/mol. The van der Waals surface area contributed by atoms with Crippen molar-refractivity contribution in [2.45, 2.75) is 25.1 Å². The molecule has 0 amide bonds. The first-order chi connectivity index (χ1) is 12.0. The Morgan fingerprint density at radius 3 is 2.44 bits per heavy atom. The first-order valence-corrected chi connectivity index (χ1v) is 8.15. The van der Waals surface area contributed by atoms with E-state index in [4.69, 9.17) is 4.74 Å². The van der Waals surface area contributed by atoms with Crippen molar-refractivity contribution < 1.29 is 18.6 Å². The molecule has 2 aromatic rings. The summed E-state index contributed by atoms with van der Waals surface area (Å²) in [4.78, 5) is 0. The van der Waals surface area contributed by atoms with Crippen LogP contribution in [0.2, 0.25) is 0 Å². The highest BCUT2D eigenvalue weighted by molar-refractivity contribution is 5.28. The molecule has 0 fully saturated rings. The Labute approximate surface area is 146 Å². The van der Waals surface area contributed by atoms with Gasteiger partial charge in [0.1, 0.15) is 17.4 Å². The van der Waals surface area contributed by atoms with Gasteiger partial charge < -0.3 is 20.5 Å². The maximum absolute atomic E-state index is 13.3. The van der Waals surface area contributed by atoms with Crippen molar-refractivity contribution in [1.82, 2.24) is 10.6 Å². The molecule has 2 atom stereocenters. The van der Waals surface area contributed by atoms with Crippen LogP contribution in [0.15, 0.2) is 42.5 Å². The number of halogens is 2. The van der Waals surface area contributed by atoms with Gasteiger partial charge in [0, 0.05) is 25.2 Å². The summed E-state index contributed by atoms with van der Waals surface area (Å²) in [6.45, 7) is 0.930. The van der Waals surface area contributed by atoms with Crippen molar-refractivity contribution in [2.24, 2.45) is 0 Å². The Morgan fingerprint density at radius 1 is 1.08 bits per heavy atom. The summed E-state index contributed by atoms with van der Waals surface area (Å²) in [6.07, 6.45) is -0.380. The quantitative estimate of drug-likeness (QED) is 0.649. The van der Waals surface area contributed by atoms with Gasteiger partial charge in [0.05, 0.1) is 13.2 Å². The predicted molar refractivity (Wildman–Crippen MR) is 93.6 cm³/mol. The topological polar surface area (TPSA) is 53.5 Å². The minimum atomic E-state index is -0.707. The molecule has 0 saturated carbocycles. The molecule has 0 aliphatic rings. The molecule has 0 heterocycles. The van der Waals surface area contributed by atoms with E-state index in [1.165, 1.54) is 12.1 Å². The van der Waals surface area contributed by atoms with Crippen LogP contribution in [0.1, 0.15) is 11.1 Å². The molecule has 0 saturated heterocycles. The molecule has 0 aliphatic carbocycles. The van der Waals surface area contributed by atoms with Crippen LogP contribution in [0, 0.1) is 11.6 Å². The number of likely N-dealkylation sites (N-methyl/N-ethyl adjacent to an activating group) is 1. The van der Waals surface area contributed by atoms with E-state index in [1.807, 2.05) is 24.3 Å². The molecule has 25 heavy (non-hydrogen) atoms. The fourth-order valence-corrected chi connectivity index (χ4v) is 2.70. The highest BCUT2D eigenvalue weighted by Crippen LogP contribution is 2.13. The van der Waals surface area contributed by atoms with Crippen molar-refractivity contribution in [3.63, 3.8) is 0 Å². The number of hydrogen-bond acceptors (Lipinski definition) is 4. The number of benzene rings is 2. The Kier molecular flexibility index (Phi) is 7.31. The number of methoxy groups -OCH3 is 1. The van der Waals surface area contributed by atoms with Gasteiger partial charge in [-0.2, -0.15) is 0 Å². The van der Waals surface area contributed by atoms with E-state index < -0.39 is 17.7 Å². The zero-order valence-electron chi connectivity index (χ0n) is 14.4. The predicted octanol–water partition coefficient (Wildman–Crippen LogP) is 2.25. The lowest BCUT2D eigenvalue weighted by Crippen LogP contribution is -2.44. The third-order valence-electron chi connectivity index (χ3n) is 4.03. The van der Waals surface area contributed by atoms with Gasteiger partial charge in [-0.25, -0.2) is 8.78 Å². The highest BCUT2D eigenvalue weighted by Gasteiger charge is 2.18. The second kappa shape index (κ2) is 9.46. The van der Waals surface area contributed by atoms with E-state index in [0.29, 0.717) is 25.1 Å². The zero-order valence-corrected chi connectivity index (χ0v) is 14.4. The molecule has 0 aliphatic heterocycles. The molecular formula is C19H24F2N2O2. The summed E-state index contributed by atoms with van der Waals surface area (Å²) in [5.41, 5.74) is 1.54. The van der Waals surface area contributed by atoms with Crippen LogP contribution < -0.4 is 15.4 Å². The average Bonchev–Trinajstić information content (AvgIpc) is 2.59. The SMILES string of the molecule is CNC(Cc1cc(F)cc(F)c1)C(O)CNCc1cccc(OC)c1. The van der Waals surface area contributed by atoms with Crippen molar-refractivity contribution in [3.05, 3.63) is 65.2 Å². The van der Waals surface area contributed by atoms with E-state index >= 15 is 0 Å². The fraction of sp³-hybridized carbons (Fsp3) is 0.368. The molecule has 2 rings (SSSR count). The average molecular weight is 350 g/mol. The summed E-state index contributed by atoms with van der Waals surface area (Å²) < 4.78 is 31.8. The lowest BCUT2D eigenvalue weighted by molar-refractivity contribution is 0.128. The lowest BCUT2D eigenvalue weighted by atomic mass is 10.0. The minimum Gasteiger partial charge on any atom is -0.497 e. The zero-order chi connectivity index (χ0) is 18.2. The number of aliphatic hydroxyl groups excluding tert-OH is 1. The Bertz CT molecular complexity index is 662. The van der Waals surface area contributed by atoms with Gasteiger partial charge in [0.15, 0.2) is 0 Å². The summed E-state index contributed by atoms with van der Waals surface area (Å²) in [5, 5.41) is 16.5. The Hall–Kier alpha value is -2.02. The molecule has 0 spiro atoms. The smallest absolute Gasteiger partial charge is 0.126 e. The molecule has 136 valence electrons. The van der Waals surface area contributed by atoms with Crippen LogP contribution in [0.3, 0.4) is 0 Å². The third-order valence-corrected chi connectivity index (χ3v) is 4.03. The summed E-state index contributed by atoms with van der Waals surface area (Å²) >= 11 is 0. The molecule has 4 nitrogen and oxygen atoms in total. The van der Waals surface area contributed by atoms with Crippen LogP contribution in [-0.4, -0.2) is 38.0 Å². The standard InChI is InChI=1S/C19H24F2N2O2/c1-22-18(9-14-6-15(20)10-16(21)7-14)19(24)12-23-11-13-4-3-5-17(8-13)25-2/h3-8,10,18-19,22-24H,9,11-12H2,1-2H3. The summed E-state index contributed by atoms with van der Waals surface area (Å²) in [7, 11) is 3.33. The van der Waals surface area contributed by atoms with E-state index in [1.54, 1.807) is 14.2 Å². The van der Waals surface area contributed by atoms with Gasteiger partial charge in [0.2, 0.25) is 0 Å². The Morgan fingerprint density at radius 2 is 1.80 bits per heavy atom. The number of rotatable bonds is 9. The lowest BCUT2D eigenvalue weighted by Gasteiger charge is -2.23. The van der Waals surface area contributed by atoms with Crippen LogP contribution >= 0.6 is 0 Å². The molecular weight excluding hydrogens is 326 g/mol. The van der Waals surface area contributed by atoms with Crippen LogP contribution in [0.5, 0.6) is 5.75 Å². The van der Waals surface area contributed by atoms with E-state index in [2.05, 4.69) is 10.6 Å². The normalized spacial score (nSPS) is 13.5. The van der Waals surface area contributed by atoms with Crippen molar-refractivity contribution >= 4 is 0 Å². The van der Waals surface area contributed by atoms with E-state index in [9.17, 15) is 13.9 Å². The Balaban J connectivity index is 1.87. The molecule has 3 N–H and O–H groups in total. The van der Waals surface area contributed by atoms with Gasteiger partial charge in [-0.15, -0.1) is 0 Å². The third kappa shape index (κ3) is 6.08. The van der Waals surface area contributed by atoms with Crippen molar-refractivity contribution in [1.29, 1.82) is 0 Å². The largest absolute Gasteiger partial charge is 0.497 e. The van der Waals surface area contributed by atoms with Gasteiger partial charge in [-0.3, -0.25) is 0 Å². The van der Waals surface area contributed by atoms with Gasteiger partial charge in [-0.05, 0) is 48.9 Å². The second-order valence-corrected chi connectivity index (χ2v) is 5.93.